The zero-order valence-corrected chi connectivity index (χ0v) is 10.9. The molecule has 0 fully saturated rings. The van der Waals surface area contributed by atoms with Gasteiger partial charge in [0.15, 0.2) is 0 Å². The predicted octanol–water partition coefficient (Wildman–Crippen LogP) is 3.94. The molecule has 1 aliphatic carbocycles. The van der Waals surface area contributed by atoms with Crippen molar-refractivity contribution in [3.05, 3.63) is 47.4 Å². The Morgan fingerprint density at radius 2 is 1.68 bits per heavy atom. The first-order valence-corrected chi connectivity index (χ1v) is 6.95. The summed E-state index contributed by atoms with van der Waals surface area (Å²) in [5, 5.41) is 8.53. The summed E-state index contributed by atoms with van der Waals surface area (Å²) in [5.41, 5.74) is 3.53. The van der Waals surface area contributed by atoms with E-state index in [-0.39, 0.29) is 5.82 Å². The summed E-state index contributed by atoms with van der Waals surface area (Å²) in [4.78, 5) is 0. The van der Waals surface area contributed by atoms with E-state index in [4.69, 9.17) is 0 Å². The molecule has 0 amide bonds. The van der Waals surface area contributed by atoms with Gasteiger partial charge in [0.2, 0.25) is 0 Å². The average Bonchev–Trinajstić information content (AvgIpc) is 2.40. The highest BCUT2D eigenvalue weighted by Gasteiger charge is 2.12. The van der Waals surface area contributed by atoms with Crippen molar-refractivity contribution in [1.29, 1.82) is 0 Å². The lowest BCUT2D eigenvalue weighted by Gasteiger charge is -2.13. The number of benzene rings is 1. The first-order valence-electron chi connectivity index (χ1n) is 6.95. The molecule has 0 aliphatic heterocycles. The van der Waals surface area contributed by atoms with Crippen LogP contribution in [-0.4, -0.2) is 10.2 Å². The largest absolute Gasteiger partial charge is 0.206 e. The van der Waals surface area contributed by atoms with Gasteiger partial charge >= 0.3 is 0 Å². The fraction of sp³-hybridized carbons (Fsp3) is 0.375. The summed E-state index contributed by atoms with van der Waals surface area (Å²) in [6.45, 7) is 0. The van der Waals surface area contributed by atoms with E-state index >= 15 is 0 Å². The topological polar surface area (TPSA) is 25.8 Å². The second-order valence-electron chi connectivity index (χ2n) is 5.10. The van der Waals surface area contributed by atoms with Crippen LogP contribution in [0.15, 0.2) is 30.3 Å². The second-order valence-corrected chi connectivity index (χ2v) is 5.10. The fourth-order valence-corrected chi connectivity index (χ4v) is 2.64. The van der Waals surface area contributed by atoms with E-state index in [1.165, 1.54) is 37.3 Å². The minimum absolute atomic E-state index is 0.234. The molecule has 1 aromatic carbocycles. The minimum Gasteiger partial charge on any atom is -0.206 e. The Bertz CT molecular complexity index is 581. The van der Waals surface area contributed by atoms with Crippen molar-refractivity contribution in [3.63, 3.8) is 0 Å². The van der Waals surface area contributed by atoms with Crippen molar-refractivity contribution in [3.8, 4) is 11.3 Å². The third kappa shape index (κ3) is 2.65. The first-order chi connectivity index (χ1) is 9.34. The lowest BCUT2D eigenvalue weighted by atomic mass is 9.96. The van der Waals surface area contributed by atoms with Gasteiger partial charge in [0.25, 0.3) is 0 Å². The maximum atomic E-state index is 13.8. The van der Waals surface area contributed by atoms with E-state index in [0.717, 1.165) is 18.5 Å². The number of nitrogens with zero attached hydrogens (tertiary/aromatic N) is 2. The van der Waals surface area contributed by atoms with Gasteiger partial charge in [0.1, 0.15) is 5.82 Å². The third-order valence-corrected chi connectivity index (χ3v) is 3.72. The first kappa shape index (κ1) is 12.3. The van der Waals surface area contributed by atoms with E-state index in [1.807, 2.05) is 12.1 Å². The van der Waals surface area contributed by atoms with E-state index in [9.17, 15) is 4.39 Å². The molecule has 3 rings (SSSR count). The molecular formula is C16H17FN2. The molecule has 0 bridgehead atoms. The summed E-state index contributed by atoms with van der Waals surface area (Å²) >= 11 is 0. The Labute approximate surface area is 112 Å². The quantitative estimate of drug-likeness (QED) is 0.772. The van der Waals surface area contributed by atoms with E-state index < -0.39 is 0 Å². The molecular weight excluding hydrogens is 239 g/mol. The maximum absolute atomic E-state index is 13.8. The van der Waals surface area contributed by atoms with Crippen molar-refractivity contribution in [2.75, 3.05) is 0 Å². The van der Waals surface area contributed by atoms with E-state index in [1.54, 1.807) is 12.1 Å². The molecule has 0 unspecified atom stereocenters. The van der Waals surface area contributed by atoms with Crippen molar-refractivity contribution in [1.82, 2.24) is 10.2 Å². The molecule has 0 saturated carbocycles. The summed E-state index contributed by atoms with van der Waals surface area (Å²) in [7, 11) is 0. The van der Waals surface area contributed by atoms with Crippen LogP contribution < -0.4 is 0 Å². The van der Waals surface area contributed by atoms with Gasteiger partial charge in [-0.2, -0.15) is 10.2 Å². The summed E-state index contributed by atoms with van der Waals surface area (Å²) in [6, 6.07) is 8.77. The second kappa shape index (κ2) is 5.47. The van der Waals surface area contributed by atoms with Gasteiger partial charge in [-0.15, -0.1) is 0 Å². The molecule has 0 atom stereocenters. The van der Waals surface area contributed by atoms with Crippen LogP contribution in [0.1, 0.15) is 36.9 Å². The van der Waals surface area contributed by atoms with Gasteiger partial charge < -0.3 is 0 Å². The zero-order chi connectivity index (χ0) is 13.1. The standard InChI is InChI=1S/C16H17FN2/c17-14-9-6-5-8-13(14)16-11-12-7-3-1-2-4-10-15(12)18-19-16/h5-6,8-9,11H,1-4,7,10H2. The van der Waals surface area contributed by atoms with Gasteiger partial charge in [-0.3, -0.25) is 0 Å². The number of hydrogen-bond donors (Lipinski definition) is 0. The summed E-state index contributed by atoms with van der Waals surface area (Å²) in [5.74, 6) is -0.234. The Morgan fingerprint density at radius 3 is 2.53 bits per heavy atom. The van der Waals surface area contributed by atoms with Gasteiger partial charge in [0.05, 0.1) is 11.4 Å². The number of aryl methyl sites for hydroxylation is 2. The van der Waals surface area contributed by atoms with Gasteiger partial charge in [0, 0.05) is 5.56 Å². The highest BCUT2D eigenvalue weighted by Crippen LogP contribution is 2.24. The monoisotopic (exact) mass is 256 g/mol. The lowest BCUT2D eigenvalue weighted by molar-refractivity contribution is 0.602. The van der Waals surface area contributed by atoms with Crippen LogP contribution in [0.4, 0.5) is 4.39 Å². The molecule has 0 spiro atoms. The highest BCUT2D eigenvalue weighted by molar-refractivity contribution is 5.60. The molecule has 0 radical (unpaired) electrons. The SMILES string of the molecule is Fc1ccccc1-c1cc2c(nn1)CCCCCC2. The predicted molar refractivity (Wildman–Crippen MR) is 73.3 cm³/mol. The third-order valence-electron chi connectivity index (χ3n) is 3.72. The van der Waals surface area contributed by atoms with E-state index in [2.05, 4.69) is 10.2 Å². The van der Waals surface area contributed by atoms with Gasteiger partial charge in [-0.25, -0.2) is 4.39 Å². The number of fused-ring (bicyclic) bond motifs is 1. The number of hydrogen-bond acceptors (Lipinski definition) is 2. The van der Waals surface area contributed by atoms with Crippen LogP contribution in [-0.2, 0) is 12.8 Å². The van der Waals surface area contributed by atoms with Crippen molar-refractivity contribution < 1.29 is 4.39 Å². The molecule has 0 N–H and O–H groups in total. The molecule has 1 heterocycles. The molecule has 1 aromatic heterocycles. The van der Waals surface area contributed by atoms with Crippen LogP contribution in [0, 0.1) is 5.82 Å². The van der Waals surface area contributed by atoms with Crippen LogP contribution >= 0.6 is 0 Å². The maximum Gasteiger partial charge on any atom is 0.132 e. The lowest BCUT2D eigenvalue weighted by Crippen LogP contribution is -2.05. The van der Waals surface area contributed by atoms with Gasteiger partial charge in [-0.05, 0) is 49.4 Å². The summed E-state index contributed by atoms with van der Waals surface area (Å²) < 4.78 is 13.8. The van der Waals surface area contributed by atoms with Crippen molar-refractivity contribution >= 4 is 0 Å². The van der Waals surface area contributed by atoms with Crippen molar-refractivity contribution in [2.24, 2.45) is 0 Å². The molecule has 0 saturated heterocycles. The fourth-order valence-electron chi connectivity index (χ4n) is 2.64. The van der Waals surface area contributed by atoms with Crippen LogP contribution in [0.5, 0.6) is 0 Å². The molecule has 98 valence electrons. The van der Waals surface area contributed by atoms with Crippen LogP contribution in [0.2, 0.25) is 0 Å². The zero-order valence-electron chi connectivity index (χ0n) is 10.9. The average molecular weight is 256 g/mol. The Hall–Kier alpha value is -1.77. The highest BCUT2D eigenvalue weighted by atomic mass is 19.1. The molecule has 19 heavy (non-hydrogen) atoms. The number of rotatable bonds is 1. The Balaban J connectivity index is 2.00. The molecule has 3 heteroatoms. The van der Waals surface area contributed by atoms with Crippen LogP contribution in [0.3, 0.4) is 0 Å². The number of aromatic nitrogens is 2. The van der Waals surface area contributed by atoms with E-state index in [0.29, 0.717) is 11.3 Å². The molecule has 1 aliphatic rings. The number of halogens is 1. The summed E-state index contributed by atoms with van der Waals surface area (Å²) in [6.07, 6.45) is 6.95. The Kier molecular flexibility index (Phi) is 3.53. The minimum atomic E-state index is -0.234. The smallest absolute Gasteiger partial charge is 0.132 e. The van der Waals surface area contributed by atoms with Crippen LogP contribution in [0.25, 0.3) is 11.3 Å². The van der Waals surface area contributed by atoms with Gasteiger partial charge in [-0.1, -0.05) is 25.0 Å². The van der Waals surface area contributed by atoms with Crippen molar-refractivity contribution in [2.45, 2.75) is 38.5 Å². The molecule has 2 nitrogen and oxygen atoms in total. The molecule has 2 aromatic rings. The Morgan fingerprint density at radius 1 is 0.895 bits per heavy atom. The normalized spacial score (nSPS) is 15.4.